The fourth-order valence-corrected chi connectivity index (χ4v) is 2.07. The van der Waals surface area contributed by atoms with Crippen LogP contribution in [-0.2, 0) is 14.3 Å². The lowest BCUT2D eigenvalue weighted by molar-refractivity contribution is -0.160. The quantitative estimate of drug-likeness (QED) is 0.596. The highest BCUT2D eigenvalue weighted by atomic mass is 16.6. The predicted octanol–water partition coefficient (Wildman–Crippen LogP) is 1.34. The number of imide groups is 1. The molecule has 3 amide bonds. The molecule has 0 spiro atoms. The first-order valence-corrected chi connectivity index (χ1v) is 6.46. The normalized spacial score (nSPS) is 24.7. The third-order valence-electron chi connectivity index (χ3n) is 3.08. The second kappa shape index (κ2) is 5.19. The average Bonchev–Trinajstić information content (AvgIpc) is 2.51. The maximum absolute atomic E-state index is 11.9. The van der Waals surface area contributed by atoms with E-state index in [9.17, 15) is 14.4 Å². The van der Waals surface area contributed by atoms with E-state index in [0.717, 1.165) is 0 Å². The molecule has 108 valence electrons. The van der Waals surface area contributed by atoms with Crippen molar-refractivity contribution in [3.05, 3.63) is 0 Å². The molecular weight excluding hydrogens is 248 g/mol. The van der Waals surface area contributed by atoms with Crippen LogP contribution in [0.5, 0.6) is 0 Å². The van der Waals surface area contributed by atoms with Crippen LogP contribution in [0.4, 0.5) is 4.79 Å². The number of carbonyl (C=O) groups excluding carboxylic acids is 3. The van der Waals surface area contributed by atoms with Gasteiger partial charge in [-0.05, 0) is 33.6 Å². The lowest BCUT2D eigenvalue weighted by atomic mass is 9.86. The molecule has 0 radical (unpaired) electrons. The molecule has 0 saturated carbocycles. The molecule has 1 aliphatic heterocycles. The molecule has 1 heterocycles. The van der Waals surface area contributed by atoms with Crippen LogP contribution in [0, 0.1) is 5.92 Å². The fourth-order valence-electron chi connectivity index (χ4n) is 2.07. The zero-order valence-electron chi connectivity index (χ0n) is 12.1. The van der Waals surface area contributed by atoms with Crippen molar-refractivity contribution in [2.75, 3.05) is 0 Å². The summed E-state index contributed by atoms with van der Waals surface area (Å²) in [5.41, 5.74) is -1.57. The minimum atomic E-state index is -1.01. The van der Waals surface area contributed by atoms with E-state index in [0.29, 0.717) is 6.42 Å². The summed E-state index contributed by atoms with van der Waals surface area (Å²) >= 11 is 0. The molecule has 19 heavy (non-hydrogen) atoms. The van der Waals surface area contributed by atoms with Crippen molar-refractivity contribution in [3.63, 3.8) is 0 Å². The Balaban J connectivity index is 2.74. The second-order valence-electron chi connectivity index (χ2n) is 5.98. The van der Waals surface area contributed by atoms with Crippen LogP contribution >= 0.6 is 0 Å². The zero-order valence-corrected chi connectivity index (χ0v) is 12.1. The van der Waals surface area contributed by atoms with Crippen molar-refractivity contribution in [3.8, 4) is 0 Å². The molecule has 0 aromatic carbocycles. The van der Waals surface area contributed by atoms with Gasteiger partial charge in [0.15, 0.2) is 0 Å². The fraction of sp³-hybridized carbons (Fsp3) is 0.769. The summed E-state index contributed by atoms with van der Waals surface area (Å²) in [6.45, 7) is 8.86. The first-order chi connectivity index (χ1) is 8.59. The third-order valence-corrected chi connectivity index (χ3v) is 3.08. The molecular formula is C13H22N2O4. The van der Waals surface area contributed by atoms with E-state index < -0.39 is 23.1 Å². The number of carbonyl (C=O) groups is 3. The van der Waals surface area contributed by atoms with Crippen molar-refractivity contribution in [1.82, 2.24) is 10.6 Å². The van der Waals surface area contributed by atoms with Crippen LogP contribution in [0.25, 0.3) is 0 Å². The standard InChI is InChI=1S/C13H22N2O4/c1-6-13(10(17)14-11(18)15-13)7-8(2)9(16)19-12(3,4)5/h8H,6-7H2,1-5H3,(H2,14,15,17,18). The van der Waals surface area contributed by atoms with Gasteiger partial charge in [-0.1, -0.05) is 13.8 Å². The molecule has 0 aromatic heterocycles. The van der Waals surface area contributed by atoms with Gasteiger partial charge in [0.05, 0.1) is 5.92 Å². The highest BCUT2D eigenvalue weighted by Crippen LogP contribution is 2.26. The zero-order chi connectivity index (χ0) is 14.8. The number of amides is 3. The molecule has 2 atom stereocenters. The van der Waals surface area contributed by atoms with Gasteiger partial charge in [0.2, 0.25) is 0 Å². The summed E-state index contributed by atoms with van der Waals surface area (Å²) in [4.78, 5) is 35.0. The molecule has 6 nitrogen and oxygen atoms in total. The van der Waals surface area contributed by atoms with E-state index in [1.165, 1.54) is 0 Å². The molecule has 0 bridgehead atoms. The Morgan fingerprint density at radius 2 is 1.95 bits per heavy atom. The Morgan fingerprint density at radius 1 is 1.37 bits per heavy atom. The Kier molecular flexibility index (Phi) is 4.22. The first kappa shape index (κ1) is 15.5. The van der Waals surface area contributed by atoms with Crippen molar-refractivity contribution in [2.45, 2.75) is 58.6 Å². The number of hydrogen-bond donors (Lipinski definition) is 2. The van der Waals surface area contributed by atoms with Gasteiger partial charge in [-0.15, -0.1) is 0 Å². The van der Waals surface area contributed by atoms with Crippen LogP contribution in [0.15, 0.2) is 0 Å². The van der Waals surface area contributed by atoms with Crippen molar-refractivity contribution < 1.29 is 19.1 Å². The van der Waals surface area contributed by atoms with Gasteiger partial charge in [0.25, 0.3) is 5.91 Å². The maximum atomic E-state index is 11.9. The molecule has 1 fully saturated rings. The van der Waals surface area contributed by atoms with Crippen LogP contribution in [0.1, 0.15) is 47.5 Å². The molecule has 1 rings (SSSR count). The smallest absolute Gasteiger partial charge is 0.322 e. The van der Waals surface area contributed by atoms with Crippen LogP contribution in [0.3, 0.4) is 0 Å². The highest BCUT2D eigenvalue weighted by Gasteiger charge is 2.46. The van der Waals surface area contributed by atoms with Gasteiger partial charge in [-0.2, -0.15) is 0 Å². The predicted molar refractivity (Wildman–Crippen MR) is 69.3 cm³/mol. The van der Waals surface area contributed by atoms with Crippen molar-refractivity contribution >= 4 is 17.9 Å². The Hall–Kier alpha value is -1.59. The van der Waals surface area contributed by atoms with Gasteiger partial charge >= 0.3 is 12.0 Å². The Morgan fingerprint density at radius 3 is 2.32 bits per heavy atom. The number of nitrogens with one attached hydrogen (secondary N) is 2. The Labute approximate surface area is 113 Å². The molecule has 1 saturated heterocycles. The minimum Gasteiger partial charge on any atom is -0.460 e. The van der Waals surface area contributed by atoms with Crippen LogP contribution < -0.4 is 10.6 Å². The summed E-state index contributed by atoms with van der Waals surface area (Å²) in [5, 5.41) is 4.82. The Bertz CT molecular complexity index is 400. The summed E-state index contributed by atoms with van der Waals surface area (Å²) in [6, 6.07) is -0.511. The van der Waals surface area contributed by atoms with Gasteiger partial charge in [-0.25, -0.2) is 4.79 Å². The van der Waals surface area contributed by atoms with Gasteiger partial charge in [-0.3, -0.25) is 14.9 Å². The lowest BCUT2D eigenvalue weighted by Crippen LogP contribution is -2.48. The number of ether oxygens (including phenoxy) is 1. The number of rotatable bonds is 4. The van der Waals surface area contributed by atoms with E-state index in [2.05, 4.69) is 10.6 Å². The third kappa shape index (κ3) is 3.68. The van der Waals surface area contributed by atoms with Crippen molar-refractivity contribution in [2.24, 2.45) is 5.92 Å². The number of hydrogen-bond acceptors (Lipinski definition) is 4. The summed E-state index contributed by atoms with van der Waals surface area (Å²) in [6.07, 6.45) is 0.660. The van der Waals surface area contributed by atoms with Gasteiger partial charge in [0.1, 0.15) is 11.1 Å². The molecule has 2 unspecified atom stereocenters. The molecule has 6 heteroatoms. The lowest BCUT2D eigenvalue weighted by Gasteiger charge is -2.28. The molecule has 0 aromatic rings. The van der Waals surface area contributed by atoms with E-state index in [1.807, 2.05) is 0 Å². The van der Waals surface area contributed by atoms with Crippen molar-refractivity contribution in [1.29, 1.82) is 0 Å². The summed E-state index contributed by atoms with van der Waals surface area (Å²) in [5.74, 6) is -1.21. The first-order valence-electron chi connectivity index (χ1n) is 6.46. The average molecular weight is 270 g/mol. The second-order valence-corrected chi connectivity index (χ2v) is 5.98. The topological polar surface area (TPSA) is 84.5 Å². The van der Waals surface area contributed by atoms with Crippen LogP contribution in [-0.4, -0.2) is 29.0 Å². The van der Waals surface area contributed by atoms with Crippen LogP contribution in [0.2, 0.25) is 0 Å². The molecule has 1 aliphatic rings. The van der Waals surface area contributed by atoms with Gasteiger partial charge in [0, 0.05) is 0 Å². The minimum absolute atomic E-state index is 0.232. The maximum Gasteiger partial charge on any atom is 0.322 e. The summed E-state index contributed by atoms with van der Waals surface area (Å²) in [7, 11) is 0. The highest BCUT2D eigenvalue weighted by molar-refractivity contribution is 6.07. The molecule has 2 N–H and O–H groups in total. The van der Waals surface area contributed by atoms with Gasteiger partial charge < -0.3 is 10.1 Å². The summed E-state index contributed by atoms with van der Waals surface area (Å²) < 4.78 is 5.28. The van der Waals surface area contributed by atoms with E-state index in [1.54, 1.807) is 34.6 Å². The number of urea groups is 1. The van der Waals surface area contributed by atoms with E-state index in [4.69, 9.17) is 4.74 Å². The number of esters is 1. The largest absolute Gasteiger partial charge is 0.460 e. The monoisotopic (exact) mass is 270 g/mol. The van der Waals surface area contributed by atoms with E-state index >= 15 is 0 Å². The van der Waals surface area contributed by atoms with E-state index in [-0.39, 0.29) is 18.3 Å². The SMILES string of the molecule is CCC1(CC(C)C(=O)OC(C)(C)C)NC(=O)NC1=O. The molecule has 0 aliphatic carbocycles.